The lowest BCUT2D eigenvalue weighted by Gasteiger charge is -2.19. The van der Waals surface area contributed by atoms with E-state index < -0.39 is 32.0 Å². The van der Waals surface area contributed by atoms with Crippen molar-refractivity contribution in [3.05, 3.63) is 12.7 Å². The Morgan fingerprint density at radius 2 is 2.23 bits per heavy atom. The summed E-state index contributed by atoms with van der Waals surface area (Å²) < 4.78 is 28.5. The molecule has 3 rings (SSSR count). The number of imidazole rings is 1. The zero-order valence-corrected chi connectivity index (χ0v) is 13.1. The minimum absolute atomic E-state index is 0.225. The minimum atomic E-state index is -2.23. The van der Waals surface area contributed by atoms with E-state index in [1.165, 1.54) is 19.8 Å². The van der Waals surface area contributed by atoms with Crippen molar-refractivity contribution in [2.24, 2.45) is 0 Å². The van der Waals surface area contributed by atoms with Crippen LogP contribution in [0.3, 0.4) is 0 Å². The average molecular weight is 346 g/mol. The van der Waals surface area contributed by atoms with Crippen molar-refractivity contribution in [2.75, 3.05) is 12.8 Å². The fraction of sp³-hybridized carbons (Fsp3) is 0.500. The Morgan fingerprint density at radius 3 is 2.91 bits per heavy atom. The summed E-state index contributed by atoms with van der Waals surface area (Å²) in [6.45, 7) is 0. The molecule has 0 bridgehead atoms. The average Bonchev–Trinajstić information content (AvgIpc) is 3.01. The second kappa shape index (κ2) is 6.03. The first-order chi connectivity index (χ1) is 10.5. The lowest BCUT2D eigenvalue weighted by molar-refractivity contribution is -0.136. The van der Waals surface area contributed by atoms with Gasteiger partial charge in [-0.15, -0.1) is 4.52 Å². The summed E-state index contributed by atoms with van der Waals surface area (Å²) in [4.78, 5) is 12.1. The molecule has 118 valence electrons. The first-order valence-electron chi connectivity index (χ1n) is 6.15. The molecule has 3 heterocycles. The topological polar surface area (TPSA) is 135 Å². The van der Waals surface area contributed by atoms with E-state index in [9.17, 15) is 9.67 Å². The van der Waals surface area contributed by atoms with Gasteiger partial charge in [0.15, 0.2) is 30.1 Å². The van der Waals surface area contributed by atoms with E-state index in [0.29, 0.717) is 11.2 Å². The lowest BCUT2D eigenvalue weighted by Crippen LogP contribution is -2.34. The third-order valence-corrected chi connectivity index (χ3v) is 4.02. The van der Waals surface area contributed by atoms with Crippen molar-refractivity contribution >= 4 is 36.5 Å². The number of hydrogen-bond acceptors (Lipinski definition) is 9. The normalized spacial score (nSPS) is 29.1. The second-order valence-corrected chi connectivity index (χ2v) is 6.17. The third kappa shape index (κ3) is 2.56. The SMILES string of the molecule is COC1C(O[P+](=O)S)C(O)OC1n1cnc2c(N)ncnc21. The van der Waals surface area contributed by atoms with E-state index in [4.69, 9.17) is 19.7 Å². The van der Waals surface area contributed by atoms with Gasteiger partial charge in [-0.25, -0.2) is 15.0 Å². The fourth-order valence-corrected chi connectivity index (χ4v) is 3.13. The van der Waals surface area contributed by atoms with Crippen LogP contribution in [0.1, 0.15) is 6.23 Å². The predicted molar refractivity (Wildman–Crippen MR) is 78.1 cm³/mol. The summed E-state index contributed by atoms with van der Waals surface area (Å²) >= 11 is 3.68. The Kier molecular flexibility index (Phi) is 4.26. The second-order valence-electron chi connectivity index (χ2n) is 4.51. The molecule has 0 radical (unpaired) electrons. The molecule has 0 spiro atoms. The Bertz CT molecular complexity index is 714. The van der Waals surface area contributed by atoms with Gasteiger partial charge in [0.25, 0.3) is 0 Å². The van der Waals surface area contributed by atoms with E-state index in [0.717, 1.165) is 0 Å². The van der Waals surface area contributed by atoms with E-state index in [1.54, 1.807) is 4.57 Å². The van der Waals surface area contributed by atoms with Crippen molar-refractivity contribution in [3.63, 3.8) is 0 Å². The molecule has 1 aliphatic rings. The molecule has 5 atom stereocenters. The number of hydrogen-bond donors (Lipinski definition) is 3. The van der Waals surface area contributed by atoms with Gasteiger partial charge in [-0.05, 0) is 4.57 Å². The van der Waals surface area contributed by atoms with Crippen molar-refractivity contribution < 1.29 is 23.7 Å². The Morgan fingerprint density at radius 1 is 1.45 bits per heavy atom. The summed E-state index contributed by atoms with van der Waals surface area (Å²) in [5.74, 6) is 0.225. The molecular formula is C10H13N5O5PS+. The predicted octanol–water partition coefficient (Wildman–Crippen LogP) is 0.243. The maximum atomic E-state index is 11.2. The minimum Gasteiger partial charge on any atom is -0.382 e. The van der Waals surface area contributed by atoms with Crippen LogP contribution in [0.4, 0.5) is 5.82 Å². The van der Waals surface area contributed by atoms with Gasteiger partial charge in [-0.1, -0.05) is 0 Å². The number of aliphatic hydroxyl groups excluding tert-OH is 1. The highest BCUT2D eigenvalue weighted by Gasteiger charge is 2.50. The molecule has 2 aromatic heterocycles. The molecular weight excluding hydrogens is 333 g/mol. The fourth-order valence-electron chi connectivity index (χ4n) is 2.37. The number of aliphatic hydroxyl groups is 1. The number of ether oxygens (including phenoxy) is 2. The molecule has 0 aromatic carbocycles. The van der Waals surface area contributed by atoms with Gasteiger partial charge in [-0.3, -0.25) is 4.57 Å². The Labute approximate surface area is 130 Å². The van der Waals surface area contributed by atoms with E-state index in [2.05, 4.69) is 27.2 Å². The van der Waals surface area contributed by atoms with Crippen LogP contribution in [0, 0.1) is 0 Å². The zero-order valence-electron chi connectivity index (χ0n) is 11.3. The van der Waals surface area contributed by atoms with Gasteiger partial charge in [0.2, 0.25) is 0 Å². The number of nitrogens with two attached hydrogens (primary N) is 1. The summed E-state index contributed by atoms with van der Waals surface area (Å²) in [5.41, 5.74) is 6.56. The summed E-state index contributed by atoms with van der Waals surface area (Å²) in [7, 11) is -0.813. The van der Waals surface area contributed by atoms with E-state index in [1.807, 2.05) is 0 Å². The number of aromatic nitrogens is 4. The number of fused-ring (bicyclic) bond motifs is 1. The van der Waals surface area contributed by atoms with E-state index >= 15 is 0 Å². The van der Waals surface area contributed by atoms with Crippen LogP contribution >= 0.6 is 19.5 Å². The van der Waals surface area contributed by atoms with Gasteiger partial charge >= 0.3 is 7.23 Å². The van der Waals surface area contributed by atoms with Crippen LogP contribution in [-0.4, -0.2) is 50.2 Å². The molecule has 12 heteroatoms. The van der Waals surface area contributed by atoms with Crippen LogP contribution in [0.5, 0.6) is 0 Å². The Balaban J connectivity index is 1.99. The van der Waals surface area contributed by atoms with Gasteiger partial charge < -0.3 is 20.3 Å². The van der Waals surface area contributed by atoms with Crippen molar-refractivity contribution in [2.45, 2.75) is 24.7 Å². The van der Waals surface area contributed by atoms with Gasteiger partial charge in [0.05, 0.1) is 6.33 Å². The molecule has 2 aromatic rings. The van der Waals surface area contributed by atoms with Gasteiger partial charge in [0.1, 0.15) is 30.2 Å². The molecule has 0 amide bonds. The standard InChI is InChI=1S/C10H12N5O5PS/c1-18-5-6(20-21(17)22)10(16)19-9(5)15-3-14-4-7(11)12-2-13-8(4)15/h2-3,5-6,9-10,16H,1H3,(H2-,11,12,13,17,22)/p+1. The quantitative estimate of drug-likeness (QED) is 0.525. The van der Waals surface area contributed by atoms with Crippen LogP contribution in [0.15, 0.2) is 12.7 Å². The monoisotopic (exact) mass is 346 g/mol. The zero-order chi connectivity index (χ0) is 15.9. The highest BCUT2D eigenvalue weighted by atomic mass is 32.7. The smallest absolute Gasteiger partial charge is 0.382 e. The number of rotatable bonds is 4. The third-order valence-electron chi connectivity index (χ3n) is 3.31. The van der Waals surface area contributed by atoms with Gasteiger partial charge in [-0.2, -0.15) is 0 Å². The number of anilines is 1. The summed E-state index contributed by atoms with van der Waals surface area (Å²) in [6, 6.07) is 0. The van der Waals surface area contributed by atoms with Gasteiger partial charge in [0, 0.05) is 7.11 Å². The first-order valence-corrected chi connectivity index (χ1v) is 8.48. The summed E-state index contributed by atoms with van der Waals surface area (Å²) in [6.07, 6.45) is -1.09. The largest absolute Gasteiger partial charge is 0.582 e. The van der Waals surface area contributed by atoms with E-state index in [-0.39, 0.29) is 5.82 Å². The number of nitrogen functional groups attached to an aromatic ring is 1. The number of thiol groups is 1. The maximum Gasteiger partial charge on any atom is 0.582 e. The molecule has 0 aliphatic carbocycles. The molecule has 1 saturated heterocycles. The molecule has 1 aliphatic heterocycles. The van der Waals surface area contributed by atoms with Crippen molar-refractivity contribution in [1.82, 2.24) is 19.5 Å². The number of nitrogens with zero attached hydrogens (tertiary/aromatic N) is 4. The van der Waals surface area contributed by atoms with Crippen LogP contribution < -0.4 is 5.73 Å². The van der Waals surface area contributed by atoms with Crippen molar-refractivity contribution in [3.8, 4) is 0 Å². The molecule has 3 N–H and O–H groups in total. The molecule has 0 saturated carbocycles. The first kappa shape index (κ1) is 15.5. The molecule has 1 fully saturated rings. The highest BCUT2D eigenvalue weighted by molar-refractivity contribution is 8.39. The highest BCUT2D eigenvalue weighted by Crippen LogP contribution is 2.40. The molecule has 22 heavy (non-hydrogen) atoms. The summed E-state index contributed by atoms with van der Waals surface area (Å²) in [5, 5.41) is 9.95. The maximum absolute atomic E-state index is 11.2. The van der Waals surface area contributed by atoms with Crippen LogP contribution in [0.2, 0.25) is 0 Å². The number of methoxy groups -OCH3 is 1. The van der Waals surface area contributed by atoms with Crippen LogP contribution in [0.25, 0.3) is 11.2 Å². The molecule has 5 unspecified atom stereocenters. The van der Waals surface area contributed by atoms with Crippen molar-refractivity contribution in [1.29, 1.82) is 0 Å². The molecule has 10 nitrogen and oxygen atoms in total. The van der Waals surface area contributed by atoms with Crippen LogP contribution in [-0.2, 0) is 18.6 Å². The Hall–Kier alpha value is -1.36. The lowest BCUT2D eigenvalue weighted by atomic mass is 10.2.